The zero-order valence-corrected chi connectivity index (χ0v) is 14.9. The number of aromatic nitrogens is 3. The SMILES string of the molecule is Cn1nc(C(F)(F)F)c(CSc2ncc(Br)s2)c1OCC(F)(F)F. The quantitative estimate of drug-likeness (QED) is 0.475. The van der Waals surface area contributed by atoms with Crippen LogP contribution in [0.1, 0.15) is 11.3 Å². The molecule has 0 unspecified atom stereocenters. The lowest BCUT2D eigenvalue weighted by atomic mass is 10.2. The third-order valence-corrected chi connectivity index (χ3v) is 5.18. The Balaban J connectivity index is 2.29. The fraction of sp³-hybridized carbons (Fsp3) is 0.455. The van der Waals surface area contributed by atoms with Crippen LogP contribution in [-0.2, 0) is 19.0 Å². The third-order valence-electron chi connectivity index (χ3n) is 2.53. The van der Waals surface area contributed by atoms with E-state index in [1.54, 1.807) is 0 Å². The van der Waals surface area contributed by atoms with E-state index in [2.05, 4.69) is 30.7 Å². The molecular formula is C11H8BrF6N3OS2. The summed E-state index contributed by atoms with van der Waals surface area (Å²) in [6, 6.07) is 0. The Labute approximate surface area is 148 Å². The molecule has 0 N–H and O–H groups in total. The fourth-order valence-corrected chi connectivity index (χ4v) is 4.28. The van der Waals surface area contributed by atoms with Crippen LogP contribution in [0.15, 0.2) is 14.3 Å². The highest BCUT2D eigenvalue weighted by molar-refractivity contribution is 9.11. The summed E-state index contributed by atoms with van der Waals surface area (Å²) < 4.78 is 82.4. The van der Waals surface area contributed by atoms with Crippen LogP contribution in [0.5, 0.6) is 5.88 Å². The molecule has 4 nitrogen and oxygen atoms in total. The molecule has 0 radical (unpaired) electrons. The van der Waals surface area contributed by atoms with E-state index in [1.807, 2.05) is 0 Å². The summed E-state index contributed by atoms with van der Waals surface area (Å²) in [6.07, 6.45) is -8.01. The number of ether oxygens (including phenoxy) is 1. The molecule has 134 valence electrons. The van der Waals surface area contributed by atoms with Crippen molar-refractivity contribution in [1.82, 2.24) is 14.8 Å². The van der Waals surface area contributed by atoms with E-state index in [9.17, 15) is 26.3 Å². The minimum Gasteiger partial charge on any atom is -0.468 e. The van der Waals surface area contributed by atoms with E-state index >= 15 is 0 Å². The molecule has 24 heavy (non-hydrogen) atoms. The third kappa shape index (κ3) is 5.02. The lowest BCUT2D eigenvalue weighted by molar-refractivity contribution is -0.154. The summed E-state index contributed by atoms with van der Waals surface area (Å²) in [6.45, 7) is -1.70. The molecule has 2 heterocycles. The largest absolute Gasteiger partial charge is 0.468 e. The number of thiazole rings is 1. The van der Waals surface area contributed by atoms with Gasteiger partial charge in [-0.3, -0.25) is 0 Å². The van der Waals surface area contributed by atoms with Crippen molar-refractivity contribution in [2.75, 3.05) is 6.61 Å². The first kappa shape index (κ1) is 19.4. The van der Waals surface area contributed by atoms with Gasteiger partial charge < -0.3 is 4.74 Å². The van der Waals surface area contributed by atoms with Crippen molar-refractivity contribution in [1.29, 1.82) is 0 Å². The second-order valence-electron chi connectivity index (χ2n) is 4.38. The predicted octanol–water partition coefficient (Wildman–Crippen LogP) is 4.89. The monoisotopic (exact) mass is 455 g/mol. The standard InChI is InChI=1S/C11H8BrF6N3OS2/c1-21-8(22-4-10(13,14)15)5(7(20-21)11(16,17)18)3-23-9-19-2-6(12)24-9/h2H,3-4H2,1H3. The molecule has 0 aliphatic carbocycles. The molecule has 2 aromatic heterocycles. The van der Waals surface area contributed by atoms with Gasteiger partial charge in [-0.2, -0.15) is 31.4 Å². The van der Waals surface area contributed by atoms with Crippen LogP contribution < -0.4 is 4.74 Å². The number of nitrogens with zero attached hydrogens (tertiary/aromatic N) is 3. The van der Waals surface area contributed by atoms with Crippen LogP contribution in [0.4, 0.5) is 26.3 Å². The van der Waals surface area contributed by atoms with E-state index in [1.165, 1.54) is 17.5 Å². The number of thioether (sulfide) groups is 1. The minimum atomic E-state index is -4.81. The summed E-state index contributed by atoms with van der Waals surface area (Å²) in [5.41, 5.74) is -1.73. The van der Waals surface area contributed by atoms with Crippen molar-refractivity contribution in [3.63, 3.8) is 0 Å². The second kappa shape index (κ2) is 7.12. The minimum absolute atomic E-state index is 0.282. The van der Waals surface area contributed by atoms with E-state index in [0.717, 1.165) is 18.8 Å². The Morgan fingerprint density at radius 1 is 1.29 bits per heavy atom. The molecule has 2 aromatic rings. The normalized spacial score (nSPS) is 12.7. The van der Waals surface area contributed by atoms with Gasteiger partial charge in [0, 0.05) is 12.8 Å². The van der Waals surface area contributed by atoms with Gasteiger partial charge in [0.2, 0.25) is 5.88 Å². The molecule has 0 aliphatic heterocycles. The summed E-state index contributed by atoms with van der Waals surface area (Å²) in [4.78, 5) is 3.95. The number of alkyl halides is 6. The lowest BCUT2D eigenvalue weighted by Crippen LogP contribution is -2.20. The number of hydrogen-bond donors (Lipinski definition) is 0. The van der Waals surface area contributed by atoms with Crippen LogP contribution in [0, 0.1) is 0 Å². The number of aryl methyl sites for hydroxylation is 1. The molecule has 0 atom stereocenters. The molecule has 2 rings (SSSR count). The fourth-order valence-electron chi connectivity index (χ4n) is 1.68. The van der Waals surface area contributed by atoms with Crippen molar-refractivity contribution in [3.8, 4) is 5.88 Å². The van der Waals surface area contributed by atoms with Gasteiger partial charge in [0.25, 0.3) is 0 Å². The Kier molecular flexibility index (Phi) is 5.75. The van der Waals surface area contributed by atoms with Crippen LogP contribution in [0.25, 0.3) is 0 Å². The van der Waals surface area contributed by atoms with Crippen molar-refractivity contribution in [2.24, 2.45) is 7.05 Å². The highest BCUT2D eigenvalue weighted by Gasteiger charge is 2.40. The van der Waals surface area contributed by atoms with Gasteiger partial charge in [-0.05, 0) is 15.9 Å². The van der Waals surface area contributed by atoms with Gasteiger partial charge in [-0.25, -0.2) is 9.67 Å². The molecule has 13 heteroatoms. The molecule has 0 spiro atoms. The first-order valence-electron chi connectivity index (χ1n) is 6.04. The maximum absolute atomic E-state index is 13.1. The molecule has 0 amide bonds. The Morgan fingerprint density at radius 3 is 2.46 bits per heavy atom. The molecule has 0 bridgehead atoms. The zero-order valence-electron chi connectivity index (χ0n) is 11.7. The van der Waals surface area contributed by atoms with E-state index < -0.39 is 36.1 Å². The van der Waals surface area contributed by atoms with Crippen molar-refractivity contribution in [3.05, 3.63) is 21.2 Å². The topological polar surface area (TPSA) is 39.9 Å². The average Bonchev–Trinajstić information content (AvgIpc) is 2.96. The molecule has 0 aliphatic rings. The highest BCUT2D eigenvalue weighted by atomic mass is 79.9. The molecule has 0 saturated heterocycles. The van der Waals surface area contributed by atoms with Gasteiger partial charge >= 0.3 is 12.4 Å². The number of rotatable bonds is 5. The number of halogens is 7. The highest BCUT2D eigenvalue weighted by Crippen LogP contribution is 2.40. The van der Waals surface area contributed by atoms with Crippen molar-refractivity contribution >= 4 is 39.0 Å². The zero-order chi connectivity index (χ0) is 18.1. The second-order valence-corrected chi connectivity index (χ2v) is 8.01. The van der Waals surface area contributed by atoms with E-state index in [4.69, 9.17) is 0 Å². The maximum atomic E-state index is 13.1. The first-order valence-corrected chi connectivity index (χ1v) is 8.63. The van der Waals surface area contributed by atoms with Crippen LogP contribution >= 0.6 is 39.0 Å². The summed E-state index contributed by atoms with van der Waals surface area (Å²) >= 11 is 5.30. The van der Waals surface area contributed by atoms with Crippen LogP contribution in [-0.4, -0.2) is 27.5 Å². The summed E-state index contributed by atoms with van der Waals surface area (Å²) in [7, 11) is 1.09. The Hall–Kier alpha value is -0.950. The molecule has 0 fully saturated rings. The molecule has 0 aromatic carbocycles. The van der Waals surface area contributed by atoms with E-state index in [-0.39, 0.29) is 5.75 Å². The smallest absolute Gasteiger partial charge is 0.435 e. The van der Waals surface area contributed by atoms with Gasteiger partial charge in [-0.1, -0.05) is 11.8 Å². The lowest BCUT2D eigenvalue weighted by Gasteiger charge is -2.11. The van der Waals surface area contributed by atoms with Crippen LogP contribution in [0.3, 0.4) is 0 Å². The molecular weight excluding hydrogens is 448 g/mol. The van der Waals surface area contributed by atoms with Gasteiger partial charge in [0.15, 0.2) is 16.6 Å². The predicted molar refractivity (Wildman–Crippen MR) is 79.1 cm³/mol. The van der Waals surface area contributed by atoms with Gasteiger partial charge in [-0.15, -0.1) is 11.3 Å². The number of hydrogen-bond acceptors (Lipinski definition) is 5. The van der Waals surface area contributed by atoms with E-state index in [0.29, 0.717) is 12.8 Å². The van der Waals surface area contributed by atoms with Gasteiger partial charge in [0.1, 0.15) is 0 Å². The maximum Gasteiger partial charge on any atom is 0.435 e. The summed E-state index contributed by atoms with van der Waals surface area (Å²) in [5, 5.41) is 3.26. The first-order chi connectivity index (χ1) is 11.0. The Bertz CT molecular complexity index is 712. The summed E-state index contributed by atoms with van der Waals surface area (Å²) in [5.74, 6) is -0.849. The van der Waals surface area contributed by atoms with Crippen molar-refractivity contribution < 1.29 is 31.1 Å². The van der Waals surface area contributed by atoms with Gasteiger partial charge in [0.05, 0.1) is 15.5 Å². The van der Waals surface area contributed by atoms with Crippen molar-refractivity contribution in [2.45, 2.75) is 22.4 Å². The molecule has 0 saturated carbocycles. The Morgan fingerprint density at radius 2 is 1.96 bits per heavy atom. The average molecular weight is 456 g/mol. The van der Waals surface area contributed by atoms with Crippen LogP contribution in [0.2, 0.25) is 0 Å².